The number of carbonyl (C=O) groups is 2. The third-order valence-corrected chi connectivity index (χ3v) is 4.98. The molecule has 3 aromatic carbocycles. The first kappa shape index (κ1) is 19.2. The number of benzene rings is 3. The maximum absolute atomic E-state index is 13.0. The number of nitrogens with one attached hydrogen (secondary N) is 2. The minimum atomic E-state index is -1.12. The van der Waals surface area contributed by atoms with Crippen LogP contribution in [0.3, 0.4) is 0 Å². The zero-order valence-electron chi connectivity index (χ0n) is 16.1. The fourth-order valence-corrected chi connectivity index (χ4v) is 3.12. The molecule has 0 aromatic heterocycles. The minimum absolute atomic E-state index is 0.374. The number of hydrogen-bond acceptors (Lipinski definition) is 4. The predicted octanol–water partition coefficient (Wildman–Crippen LogP) is 4.71. The van der Waals surface area contributed by atoms with Crippen LogP contribution in [-0.2, 0) is 9.59 Å². The van der Waals surface area contributed by atoms with Gasteiger partial charge in [-0.2, -0.15) is 5.26 Å². The van der Waals surface area contributed by atoms with E-state index in [4.69, 9.17) is 10.00 Å². The molecule has 0 aliphatic heterocycles. The second-order valence-electron chi connectivity index (χ2n) is 7.09. The Hall–Kier alpha value is -4.11. The summed E-state index contributed by atoms with van der Waals surface area (Å²) >= 11 is 0. The van der Waals surface area contributed by atoms with Crippen molar-refractivity contribution in [3.05, 3.63) is 84.4 Å². The molecule has 0 spiro atoms. The summed E-state index contributed by atoms with van der Waals surface area (Å²) in [7, 11) is 0. The molecule has 2 amide bonds. The largest absolute Gasteiger partial charge is 0.455 e. The Morgan fingerprint density at radius 2 is 1.57 bits per heavy atom. The number of anilines is 2. The molecule has 1 fully saturated rings. The molecular formula is C24H19N3O3. The van der Waals surface area contributed by atoms with Crippen molar-refractivity contribution < 1.29 is 14.3 Å². The van der Waals surface area contributed by atoms with E-state index in [1.54, 1.807) is 42.5 Å². The Labute approximate surface area is 174 Å². The lowest BCUT2D eigenvalue weighted by Crippen LogP contribution is -2.35. The summed E-state index contributed by atoms with van der Waals surface area (Å²) in [6.07, 6.45) is 0.925. The van der Waals surface area contributed by atoms with E-state index in [9.17, 15) is 9.59 Å². The number of rotatable bonds is 6. The summed E-state index contributed by atoms with van der Waals surface area (Å²) in [4.78, 5) is 25.8. The van der Waals surface area contributed by atoms with Crippen LogP contribution in [0.1, 0.15) is 18.4 Å². The van der Waals surface area contributed by atoms with Crippen LogP contribution < -0.4 is 15.4 Å². The van der Waals surface area contributed by atoms with Crippen LogP contribution in [0.2, 0.25) is 0 Å². The third-order valence-electron chi connectivity index (χ3n) is 4.98. The number of amides is 2. The monoisotopic (exact) mass is 397 g/mol. The highest BCUT2D eigenvalue weighted by atomic mass is 16.5. The SMILES string of the molecule is N#Cc1cccc(NC(=O)C2(C(=O)Nc3ccccc3Oc3ccccc3)CC2)c1. The lowest BCUT2D eigenvalue weighted by Gasteiger charge is -2.17. The van der Waals surface area contributed by atoms with E-state index in [2.05, 4.69) is 10.6 Å². The first-order valence-electron chi connectivity index (χ1n) is 9.56. The number of hydrogen-bond donors (Lipinski definition) is 2. The zero-order valence-corrected chi connectivity index (χ0v) is 16.1. The molecule has 1 saturated carbocycles. The van der Waals surface area contributed by atoms with E-state index in [1.165, 1.54) is 0 Å². The Morgan fingerprint density at radius 3 is 2.30 bits per heavy atom. The molecule has 148 valence electrons. The maximum Gasteiger partial charge on any atom is 0.240 e. The highest BCUT2D eigenvalue weighted by molar-refractivity contribution is 6.17. The standard InChI is InChI=1S/C24H19N3O3/c25-16-17-7-6-8-18(15-17)26-22(28)24(13-14-24)23(29)27-20-11-4-5-12-21(20)30-19-9-2-1-3-10-19/h1-12,15H,13-14H2,(H,26,28)(H,27,29). The van der Waals surface area contributed by atoms with Crippen molar-refractivity contribution in [1.82, 2.24) is 0 Å². The second-order valence-corrected chi connectivity index (χ2v) is 7.09. The average molecular weight is 397 g/mol. The van der Waals surface area contributed by atoms with E-state index in [0.717, 1.165) is 0 Å². The van der Waals surface area contributed by atoms with Crippen LogP contribution >= 0.6 is 0 Å². The van der Waals surface area contributed by atoms with E-state index in [1.807, 2.05) is 42.5 Å². The number of carbonyl (C=O) groups excluding carboxylic acids is 2. The smallest absolute Gasteiger partial charge is 0.240 e. The second kappa shape index (κ2) is 8.10. The molecule has 6 heteroatoms. The normalized spacial score (nSPS) is 13.6. The molecule has 30 heavy (non-hydrogen) atoms. The van der Waals surface area contributed by atoms with Gasteiger partial charge in [-0.1, -0.05) is 36.4 Å². The van der Waals surface area contributed by atoms with Crippen molar-refractivity contribution in [2.24, 2.45) is 5.41 Å². The summed E-state index contributed by atoms with van der Waals surface area (Å²) in [5, 5.41) is 14.6. The minimum Gasteiger partial charge on any atom is -0.455 e. The first-order chi connectivity index (χ1) is 14.6. The van der Waals surface area contributed by atoms with Crippen LogP contribution in [0.15, 0.2) is 78.9 Å². The van der Waals surface area contributed by atoms with Gasteiger partial charge in [0.2, 0.25) is 11.8 Å². The van der Waals surface area contributed by atoms with Crippen molar-refractivity contribution >= 4 is 23.2 Å². The lowest BCUT2D eigenvalue weighted by atomic mass is 10.0. The Bertz CT molecular complexity index is 1130. The molecular weight excluding hydrogens is 378 g/mol. The molecule has 0 heterocycles. The highest BCUT2D eigenvalue weighted by Gasteiger charge is 2.56. The maximum atomic E-state index is 13.0. The Kier molecular flexibility index (Phi) is 5.19. The summed E-state index contributed by atoms with van der Waals surface area (Å²) in [6, 6.07) is 25.0. The molecule has 0 bridgehead atoms. The van der Waals surface area contributed by atoms with Crippen LogP contribution in [0, 0.1) is 16.7 Å². The van der Waals surface area contributed by atoms with E-state index in [-0.39, 0.29) is 11.8 Å². The van der Waals surface area contributed by atoms with Crippen molar-refractivity contribution in [2.45, 2.75) is 12.8 Å². The fourth-order valence-electron chi connectivity index (χ4n) is 3.12. The van der Waals surface area contributed by atoms with Crippen molar-refractivity contribution in [1.29, 1.82) is 5.26 Å². The zero-order chi connectivity index (χ0) is 21.0. The van der Waals surface area contributed by atoms with Gasteiger partial charge in [0, 0.05) is 5.69 Å². The van der Waals surface area contributed by atoms with E-state index in [0.29, 0.717) is 41.3 Å². The van der Waals surface area contributed by atoms with Crippen molar-refractivity contribution in [3.8, 4) is 17.6 Å². The number of ether oxygens (including phenoxy) is 1. The molecule has 3 aromatic rings. The summed E-state index contributed by atoms with van der Waals surface area (Å²) < 4.78 is 5.88. The van der Waals surface area contributed by atoms with Gasteiger partial charge in [0.25, 0.3) is 0 Å². The van der Waals surface area contributed by atoms with Crippen molar-refractivity contribution in [3.63, 3.8) is 0 Å². The molecule has 4 rings (SSSR count). The van der Waals surface area contributed by atoms with Gasteiger partial charge in [0.05, 0.1) is 17.3 Å². The average Bonchev–Trinajstić information content (AvgIpc) is 3.58. The summed E-state index contributed by atoms with van der Waals surface area (Å²) in [5.74, 6) is 0.391. The molecule has 2 N–H and O–H groups in total. The Balaban J connectivity index is 1.48. The number of nitriles is 1. The van der Waals surface area contributed by atoms with Crippen LogP contribution in [0.5, 0.6) is 11.5 Å². The highest BCUT2D eigenvalue weighted by Crippen LogP contribution is 2.48. The lowest BCUT2D eigenvalue weighted by molar-refractivity contribution is -0.131. The quantitative estimate of drug-likeness (QED) is 0.590. The topological polar surface area (TPSA) is 91.2 Å². The number of nitrogens with zero attached hydrogens (tertiary/aromatic N) is 1. The van der Waals surface area contributed by atoms with Gasteiger partial charge in [-0.3, -0.25) is 9.59 Å². The molecule has 0 radical (unpaired) electrons. The molecule has 0 saturated heterocycles. The summed E-state index contributed by atoms with van der Waals surface area (Å²) in [6.45, 7) is 0. The van der Waals surface area contributed by atoms with Gasteiger partial charge in [-0.15, -0.1) is 0 Å². The summed E-state index contributed by atoms with van der Waals surface area (Å²) in [5.41, 5.74) is 0.305. The van der Waals surface area contributed by atoms with Gasteiger partial charge >= 0.3 is 0 Å². The van der Waals surface area contributed by atoms with Crippen LogP contribution in [-0.4, -0.2) is 11.8 Å². The van der Waals surface area contributed by atoms with Crippen LogP contribution in [0.4, 0.5) is 11.4 Å². The molecule has 1 aliphatic carbocycles. The number of para-hydroxylation sites is 3. The van der Waals surface area contributed by atoms with Gasteiger partial charge in [-0.05, 0) is 55.3 Å². The van der Waals surface area contributed by atoms with Crippen molar-refractivity contribution in [2.75, 3.05) is 10.6 Å². The molecule has 0 unspecified atom stereocenters. The predicted molar refractivity (Wildman–Crippen MR) is 113 cm³/mol. The third kappa shape index (κ3) is 4.01. The fraction of sp³-hybridized carbons (Fsp3) is 0.125. The van der Waals surface area contributed by atoms with E-state index < -0.39 is 5.41 Å². The Morgan fingerprint density at radius 1 is 0.867 bits per heavy atom. The van der Waals surface area contributed by atoms with Gasteiger partial charge in [-0.25, -0.2) is 0 Å². The first-order valence-corrected chi connectivity index (χ1v) is 9.56. The van der Waals surface area contributed by atoms with Gasteiger partial charge in [0.1, 0.15) is 11.2 Å². The molecule has 1 aliphatic rings. The van der Waals surface area contributed by atoms with Gasteiger partial charge < -0.3 is 15.4 Å². The molecule has 0 atom stereocenters. The van der Waals surface area contributed by atoms with Crippen LogP contribution in [0.25, 0.3) is 0 Å². The van der Waals surface area contributed by atoms with E-state index >= 15 is 0 Å². The molecule has 6 nitrogen and oxygen atoms in total. The van der Waals surface area contributed by atoms with Gasteiger partial charge in [0.15, 0.2) is 5.75 Å².